The Balaban J connectivity index is 3.09. The van der Waals surface area contributed by atoms with Crippen LogP contribution >= 0.6 is 11.8 Å². The number of nitrogens with zero attached hydrogens (tertiary/aromatic N) is 1. The van der Waals surface area contributed by atoms with E-state index in [0.717, 1.165) is 5.75 Å². The predicted octanol–water partition coefficient (Wildman–Crippen LogP) is 1.89. The normalized spacial score (nSPS) is 28.5. The lowest BCUT2D eigenvalue weighted by Gasteiger charge is -2.48. The van der Waals surface area contributed by atoms with E-state index in [1.54, 1.807) is 16.7 Å². The number of rotatable bonds is 4. The maximum absolute atomic E-state index is 12.7. The first-order chi connectivity index (χ1) is 8.68. The molecule has 5 heteroatoms. The number of piperazine rings is 1. The van der Waals surface area contributed by atoms with Crippen molar-refractivity contribution in [1.82, 2.24) is 10.2 Å². The summed E-state index contributed by atoms with van der Waals surface area (Å²) in [6, 6.07) is -0.429. The average molecular weight is 286 g/mol. The van der Waals surface area contributed by atoms with Gasteiger partial charge in [0, 0.05) is 12.3 Å². The molecule has 1 fully saturated rings. The molecule has 1 heterocycles. The van der Waals surface area contributed by atoms with Gasteiger partial charge in [-0.3, -0.25) is 9.59 Å². The van der Waals surface area contributed by atoms with Gasteiger partial charge in [0.05, 0.1) is 0 Å². The monoisotopic (exact) mass is 286 g/mol. The van der Waals surface area contributed by atoms with Gasteiger partial charge in [-0.2, -0.15) is 11.8 Å². The second kappa shape index (κ2) is 5.73. The Labute approximate surface area is 120 Å². The highest BCUT2D eigenvalue weighted by atomic mass is 32.2. The van der Waals surface area contributed by atoms with E-state index in [1.165, 1.54) is 0 Å². The highest BCUT2D eigenvalue weighted by Gasteiger charge is 2.50. The molecule has 0 aromatic heterocycles. The summed E-state index contributed by atoms with van der Waals surface area (Å²) in [5.41, 5.74) is -0.978. The van der Waals surface area contributed by atoms with Crippen LogP contribution in [0.5, 0.6) is 0 Å². The van der Waals surface area contributed by atoms with Gasteiger partial charge in [-0.25, -0.2) is 0 Å². The fourth-order valence-corrected chi connectivity index (χ4v) is 2.71. The molecular weight excluding hydrogens is 260 g/mol. The zero-order valence-corrected chi connectivity index (χ0v) is 13.7. The summed E-state index contributed by atoms with van der Waals surface area (Å²) in [5.74, 6) is 0.868. The first kappa shape index (κ1) is 16.3. The quantitative estimate of drug-likeness (QED) is 0.858. The average Bonchev–Trinajstić information content (AvgIpc) is 2.32. The van der Waals surface area contributed by atoms with E-state index < -0.39 is 11.6 Å². The number of hydrogen-bond donors (Lipinski definition) is 1. The fraction of sp³-hybridized carbons (Fsp3) is 0.857. The van der Waals surface area contributed by atoms with Gasteiger partial charge in [-0.1, -0.05) is 27.7 Å². The molecule has 1 N–H and O–H groups in total. The molecule has 0 bridgehead atoms. The number of carbonyl (C=O) groups is 2. The molecule has 0 saturated carbocycles. The lowest BCUT2D eigenvalue weighted by Crippen LogP contribution is -2.71. The van der Waals surface area contributed by atoms with E-state index in [9.17, 15) is 9.59 Å². The molecule has 2 atom stereocenters. The Bertz CT molecular complexity index is 365. The lowest BCUT2D eigenvalue weighted by atomic mass is 9.80. The molecule has 110 valence electrons. The standard InChI is InChI=1S/C14H26N2O2S/c1-7-14(5)12(18)15-10(13(2,3)4)11(17)16(14)8-9-19-6/h10H,7-9H2,1-6H3,(H,15,18). The zero-order valence-electron chi connectivity index (χ0n) is 12.9. The van der Waals surface area contributed by atoms with Crippen LogP contribution in [0, 0.1) is 5.41 Å². The molecular formula is C14H26N2O2S. The predicted molar refractivity (Wildman–Crippen MR) is 80.2 cm³/mol. The van der Waals surface area contributed by atoms with Gasteiger partial charge in [-0.05, 0) is 25.0 Å². The molecule has 19 heavy (non-hydrogen) atoms. The van der Waals surface area contributed by atoms with E-state index in [2.05, 4.69) is 5.32 Å². The van der Waals surface area contributed by atoms with Crippen molar-refractivity contribution in [2.75, 3.05) is 18.6 Å². The van der Waals surface area contributed by atoms with Crippen LogP contribution in [-0.2, 0) is 9.59 Å². The van der Waals surface area contributed by atoms with Gasteiger partial charge in [0.15, 0.2) is 0 Å². The lowest BCUT2D eigenvalue weighted by molar-refractivity contribution is -0.159. The third-order valence-corrected chi connectivity index (χ3v) is 4.54. The molecule has 2 amide bonds. The number of thioether (sulfide) groups is 1. The van der Waals surface area contributed by atoms with Crippen LogP contribution in [0.4, 0.5) is 0 Å². The maximum atomic E-state index is 12.7. The van der Waals surface area contributed by atoms with E-state index in [0.29, 0.717) is 13.0 Å². The number of hydrogen-bond acceptors (Lipinski definition) is 3. The third kappa shape index (κ3) is 3.07. The molecule has 1 saturated heterocycles. The second-order valence-electron chi connectivity index (χ2n) is 6.38. The minimum Gasteiger partial charge on any atom is -0.342 e. The largest absolute Gasteiger partial charge is 0.342 e. The van der Waals surface area contributed by atoms with Crippen molar-refractivity contribution in [2.24, 2.45) is 5.41 Å². The number of amides is 2. The van der Waals surface area contributed by atoms with Gasteiger partial charge in [0.1, 0.15) is 11.6 Å². The Hall–Kier alpha value is -0.710. The van der Waals surface area contributed by atoms with Crippen molar-refractivity contribution in [3.05, 3.63) is 0 Å². The van der Waals surface area contributed by atoms with E-state index in [-0.39, 0.29) is 17.2 Å². The Morgan fingerprint density at radius 3 is 2.37 bits per heavy atom. The number of carbonyl (C=O) groups excluding carboxylic acids is 2. The zero-order chi connectivity index (χ0) is 14.8. The van der Waals surface area contributed by atoms with Crippen molar-refractivity contribution in [1.29, 1.82) is 0 Å². The maximum Gasteiger partial charge on any atom is 0.246 e. The summed E-state index contributed by atoms with van der Waals surface area (Å²) in [7, 11) is 0. The molecule has 1 rings (SSSR count). The third-order valence-electron chi connectivity index (χ3n) is 3.95. The van der Waals surface area contributed by atoms with Crippen LogP contribution in [0.15, 0.2) is 0 Å². The number of nitrogens with one attached hydrogen (secondary N) is 1. The minimum atomic E-state index is -0.714. The first-order valence-electron chi connectivity index (χ1n) is 6.80. The van der Waals surface area contributed by atoms with Gasteiger partial charge in [0.2, 0.25) is 11.8 Å². The summed E-state index contributed by atoms with van der Waals surface area (Å²) < 4.78 is 0. The van der Waals surface area contributed by atoms with E-state index >= 15 is 0 Å². The van der Waals surface area contributed by atoms with Crippen LogP contribution in [0.25, 0.3) is 0 Å². The van der Waals surface area contributed by atoms with E-state index in [4.69, 9.17) is 0 Å². The molecule has 0 aromatic carbocycles. The molecule has 0 aliphatic carbocycles. The Kier molecular flexibility index (Phi) is 4.93. The summed E-state index contributed by atoms with van der Waals surface area (Å²) in [5, 5.41) is 2.92. The first-order valence-corrected chi connectivity index (χ1v) is 8.19. The Morgan fingerprint density at radius 2 is 1.95 bits per heavy atom. The summed E-state index contributed by atoms with van der Waals surface area (Å²) in [6.07, 6.45) is 2.65. The van der Waals surface area contributed by atoms with Crippen LogP contribution in [0.2, 0.25) is 0 Å². The molecule has 1 aliphatic rings. The second-order valence-corrected chi connectivity index (χ2v) is 7.37. The SMILES string of the molecule is CCC1(C)C(=O)NC(C(C)(C)C)C(=O)N1CCSC. The summed E-state index contributed by atoms with van der Waals surface area (Å²) >= 11 is 1.69. The molecule has 0 aromatic rings. The molecule has 2 unspecified atom stereocenters. The topological polar surface area (TPSA) is 49.4 Å². The van der Waals surface area contributed by atoms with Gasteiger partial charge in [0.25, 0.3) is 0 Å². The van der Waals surface area contributed by atoms with Crippen LogP contribution in [0.3, 0.4) is 0 Å². The van der Waals surface area contributed by atoms with Crippen LogP contribution < -0.4 is 5.32 Å². The highest BCUT2D eigenvalue weighted by molar-refractivity contribution is 7.98. The van der Waals surface area contributed by atoms with Gasteiger partial charge < -0.3 is 10.2 Å². The molecule has 0 radical (unpaired) electrons. The van der Waals surface area contributed by atoms with Crippen molar-refractivity contribution in [2.45, 2.75) is 52.6 Å². The van der Waals surface area contributed by atoms with E-state index in [1.807, 2.05) is 40.9 Å². The molecule has 4 nitrogen and oxygen atoms in total. The molecule has 1 aliphatic heterocycles. The van der Waals surface area contributed by atoms with Gasteiger partial charge >= 0.3 is 0 Å². The van der Waals surface area contributed by atoms with Crippen LogP contribution in [0.1, 0.15) is 41.0 Å². The van der Waals surface area contributed by atoms with Crippen molar-refractivity contribution in [3.63, 3.8) is 0 Å². The van der Waals surface area contributed by atoms with Crippen LogP contribution in [-0.4, -0.2) is 46.8 Å². The molecule has 0 spiro atoms. The summed E-state index contributed by atoms with van der Waals surface area (Å²) in [4.78, 5) is 26.9. The minimum absolute atomic E-state index is 0.0318. The summed E-state index contributed by atoms with van der Waals surface area (Å²) in [6.45, 7) is 10.4. The fourth-order valence-electron chi connectivity index (χ4n) is 2.35. The van der Waals surface area contributed by atoms with Gasteiger partial charge in [-0.15, -0.1) is 0 Å². The Morgan fingerprint density at radius 1 is 1.37 bits per heavy atom. The van der Waals surface area contributed by atoms with Crippen molar-refractivity contribution < 1.29 is 9.59 Å². The van der Waals surface area contributed by atoms with Crippen molar-refractivity contribution in [3.8, 4) is 0 Å². The smallest absolute Gasteiger partial charge is 0.246 e. The van der Waals surface area contributed by atoms with Crippen molar-refractivity contribution >= 4 is 23.6 Å². The highest BCUT2D eigenvalue weighted by Crippen LogP contribution is 2.31.